The Balaban J connectivity index is 1.93. The minimum atomic E-state index is -0.455. The molecule has 1 heterocycles. The van der Waals surface area contributed by atoms with E-state index in [-0.39, 0.29) is 6.09 Å². The number of hydrogen-bond donors (Lipinski definition) is 0. The van der Waals surface area contributed by atoms with Gasteiger partial charge in [0.15, 0.2) is 0 Å². The van der Waals surface area contributed by atoms with E-state index in [2.05, 4.69) is 11.0 Å². The van der Waals surface area contributed by atoms with Gasteiger partial charge in [-0.05, 0) is 40.7 Å². The average molecular weight is 364 g/mol. The minimum Gasteiger partial charge on any atom is -0.494 e. The normalized spacial score (nSPS) is 15.7. The summed E-state index contributed by atoms with van der Waals surface area (Å²) in [7, 11) is 0. The summed E-state index contributed by atoms with van der Waals surface area (Å²) in [6.07, 6.45) is -0.228. The van der Waals surface area contributed by atoms with Crippen LogP contribution < -0.4 is 9.47 Å². The molecule has 6 heteroatoms. The largest absolute Gasteiger partial charge is 0.494 e. The van der Waals surface area contributed by atoms with E-state index in [0.717, 1.165) is 36.7 Å². The summed E-state index contributed by atoms with van der Waals surface area (Å²) < 4.78 is 16.8. The first kappa shape index (κ1) is 20.4. The van der Waals surface area contributed by atoms with Crippen LogP contribution in [0.15, 0.2) is 18.2 Å². The molecular formula is C20H32N2O4. The number of carbonyl (C=O) groups excluding carboxylic acids is 1. The molecule has 0 N–H and O–H groups in total. The second-order valence-electron chi connectivity index (χ2n) is 7.38. The van der Waals surface area contributed by atoms with E-state index >= 15 is 0 Å². The summed E-state index contributed by atoms with van der Waals surface area (Å²) in [5.41, 5.74) is 0.684. The third kappa shape index (κ3) is 6.09. The number of amides is 1. The van der Waals surface area contributed by atoms with Crippen molar-refractivity contribution in [3.05, 3.63) is 23.8 Å². The van der Waals surface area contributed by atoms with Crippen molar-refractivity contribution in [1.82, 2.24) is 9.80 Å². The molecule has 0 spiro atoms. The number of benzene rings is 1. The standard InChI is InChI=1S/C20H32N2O4/c1-6-24-17-9-8-16(18(14-17)25-7-2)15-21-10-12-22(13-11-21)19(23)26-20(3,4)5/h8-9,14H,6-7,10-13,15H2,1-5H3. The molecule has 1 amide bonds. The van der Waals surface area contributed by atoms with Crippen molar-refractivity contribution in [2.24, 2.45) is 0 Å². The van der Waals surface area contributed by atoms with Gasteiger partial charge in [-0.1, -0.05) is 6.07 Å². The highest BCUT2D eigenvalue weighted by Crippen LogP contribution is 2.27. The van der Waals surface area contributed by atoms with Crippen molar-refractivity contribution in [1.29, 1.82) is 0 Å². The molecule has 0 aromatic heterocycles. The van der Waals surface area contributed by atoms with Crippen LogP contribution in [0.3, 0.4) is 0 Å². The summed E-state index contributed by atoms with van der Waals surface area (Å²) in [5.74, 6) is 1.70. The molecule has 0 aliphatic carbocycles. The average Bonchev–Trinajstić information content (AvgIpc) is 2.57. The molecule has 1 fully saturated rings. The first-order valence-corrected chi connectivity index (χ1v) is 9.41. The summed E-state index contributed by atoms with van der Waals surface area (Å²) in [4.78, 5) is 16.3. The molecule has 0 radical (unpaired) electrons. The monoisotopic (exact) mass is 364 g/mol. The van der Waals surface area contributed by atoms with Crippen LogP contribution >= 0.6 is 0 Å². The molecule has 146 valence electrons. The lowest BCUT2D eigenvalue weighted by molar-refractivity contribution is 0.0138. The molecule has 1 aliphatic rings. The number of nitrogens with zero attached hydrogens (tertiary/aromatic N) is 2. The molecule has 0 unspecified atom stereocenters. The Labute approximate surface area is 157 Å². The molecule has 1 aromatic rings. The molecule has 0 saturated carbocycles. The number of rotatable bonds is 6. The van der Waals surface area contributed by atoms with Gasteiger partial charge in [-0.2, -0.15) is 0 Å². The van der Waals surface area contributed by atoms with Crippen molar-refractivity contribution in [3.8, 4) is 11.5 Å². The van der Waals surface area contributed by atoms with Crippen LogP contribution in [0.25, 0.3) is 0 Å². The molecule has 0 atom stereocenters. The van der Waals surface area contributed by atoms with Gasteiger partial charge in [0.25, 0.3) is 0 Å². The second-order valence-corrected chi connectivity index (χ2v) is 7.38. The van der Waals surface area contributed by atoms with Gasteiger partial charge in [0.1, 0.15) is 17.1 Å². The maximum absolute atomic E-state index is 12.2. The molecule has 6 nitrogen and oxygen atoms in total. The van der Waals surface area contributed by atoms with Gasteiger partial charge in [-0.25, -0.2) is 4.79 Å². The Morgan fingerprint density at radius 1 is 1.04 bits per heavy atom. The first-order valence-electron chi connectivity index (χ1n) is 9.41. The van der Waals surface area contributed by atoms with Crippen LogP contribution in [0.5, 0.6) is 11.5 Å². The van der Waals surface area contributed by atoms with E-state index in [1.807, 2.05) is 46.8 Å². The molecule has 1 aliphatic heterocycles. The molecule has 1 saturated heterocycles. The van der Waals surface area contributed by atoms with E-state index in [1.54, 1.807) is 4.90 Å². The van der Waals surface area contributed by atoms with Gasteiger partial charge in [-0.3, -0.25) is 4.90 Å². The zero-order chi connectivity index (χ0) is 19.2. The predicted octanol–water partition coefficient (Wildman–Crippen LogP) is 3.54. The lowest BCUT2D eigenvalue weighted by Gasteiger charge is -2.35. The fourth-order valence-electron chi connectivity index (χ4n) is 2.87. The fourth-order valence-corrected chi connectivity index (χ4v) is 2.87. The van der Waals surface area contributed by atoms with Gasteiger partial charge < -0.3 is 19.1 Å². The summed E-state index contributed by atoms with van der Waals surface area (Å²) in [6, 6.07) is 6.01. The Hall–Kier alpha value is -1.95. The quantitative estimate of drug-likeness (QED) is 0.773. The third-order valence-corrected chi connectivity index (χ3v) is 4.07. The van der Waals surface area contributed by atoms with Gasteiger partial charge in [0.05, 0.1) is 13.2 Å². The van der Waals surface area contributed by atoms with Crippen molar-refractivity contribution in [2.45, 2.75) is 46.8 Å². The van der Waals surface area contributed by atoms with Gasteiger partial charge in [0, 0.05) is 44.4 Å². The highest BCUT2D eigenvalue weighted by Gasteiger charge is 2.26. The van der Waals surface area contributed by atoms with Gasteiger partial charge >= 0.3 is 6.09 Å². The fraction of sp³-hybridized carbons (Fsp3) is 0.650. The summed E-state index contributed by atoms with van der Waals surface area (Å²) >= 11 is 0. The van der Waals surface area contributed by atoms with E-state index in [9.17, 15) is 4.79 Å². The lowest BCUT2D eigenvalue weighted by atomic mass is 10.1. The molecule has 26 heavy (non-hydrogen) atoms. The van der Waals surface area contributed by atoms with Gasteiger partial charge in [-0.15, -0.1) is 0 Å². The molecular weight excluding hydrogens is 332 g/mol. The minimum absolute atomic E-state index is 0.228. The van der Waals surface area contributed by atoms with E-state index < -0.39 is 5.60 Å². The number of ether oxygens (including phenoxy) is 3. The van der Waals surface area contributed by atoms with Crippen molar-refractivity contribution < 1.29 is 19.0 Å². The molecule has 0 bridgehead atoms. The Morgan fingerprint density at radius 3 is 2.27 bits per heavy atom. The van der Waals surface area contributed by atoms with Crippen LogP contribution in [0.1, 0.15) is 40.2 Å². The lowest BCUT2D eigenvalue weighted by Crippen LogP contribution is -2.49. The van der Waals surface area contributed by atoms with Crippen molar-refractivity contribution in [3.63, 3.8) is 0 Å². The number of piperazine rings is 1. The van der Waals surface area contributed by atoms with Crippen LogP contribution in [-0.2, 0) is 11.3 Å². The van der Waals surface area contributed by atoms with Crippen molar-refractivity contribution in [2.75, 3.05) is 39.4 Å². The van der Waals surface area contributed by atoms with Crippen LogP contribution in [0, 0.1) is 0 Å². The van der Waals surface area contributed by atoms with E-state index in [1.165, 1.54) is 0 Å². The predicted molar refractivity (Wildman–Crippen MR) is 102 cm³/mol. The summed E-state index contributed by atoms with van der Waals surface area (Å²) in [5, 5.41) is 0. The SMILES string of the molecule is CCOc1ccc(CN2CCN(C(=O)OC(C)(C)C)CC2)c(OCC)c1. The summed E-state index contributed by atoms with van der Waals surface area (Å²) in [6.45, 7) is 14.7. The highest BCUT2D eigenvalue weighted by atomic mass is 16.6. The Kier molecular flexibility index (Phi) is 7.14. The van der Waals surface area contributed by atoms with E-state index in [0.29, 0.717) is 26.3 Å². The maximum Gasteiger partial charge on any atom is 0.410 e. The van der Waals surface area contributed by atoms with Gasteiger partial charge in [0.2, 0.25) is 0 Å². The zero-order valence-electron chi connectivity index (χ0n) is 16.7. The topological polar surface area (TPSA) is 51.2 Å². The smallest absolute Gasteiger partial charge is 0.410 e. The van der Waals surface area contributed by atoms with Crippen LogP contribution in [0.2, 0.25) is 0 Å². The van der Waals surface area contributed by atoms with Crippen molar-refractivity contribution >= 4 is 6.09 Å². The molecule has 1 aromatic carbocycles. The first-order chi connectivity index (χ1) is 12.3. The molecule has 2 rings (SSSR count). The zero-order valence-corrected chi connectivity index (χ0v) is 16.7. The van der Waals surface area contributed by atoms with Crippen LogP contribution in [-0.4, -0.2) is 60.9 Å². The Morgan fingerprint density at radius 2 is 1.69 bits per heavy atom. The highest BCUT2D eigenvalue weighted by molar-refractivity contribution is 5.68. The van der Waals surface area contributed by atoms with E-state index in [4.69, 9.17) is 14.2 Å². The maximum atomic E-state index is 12.2. The number of hydrogen-bond acceptors (Lipinski definition) is 5. The Bertz CT molecular complexity index is 590. The third-order valence-electron chi connectivity index (χ3n) is 4.07. The second kappa shape index (κ2) is 9.12. The van der Waals surface area contributed by atoms with Crippen LogP contribution in [0.4, 0.5) is 4.79 Å². The number of carbonyl (C=O) groups is 1.